The molecule has 3 heterocycles. The van der Waals surface area contributed by atoms with Crippen LogP contribution in [0.5, 0.6) is 5.88 Å². The number of hydrogen-bond donors (Lipinski definition) is 1. The standard InChI is InChI=1S/C16H17N5O2/c1-4-23-16-13(6-5-7-17-16)19-15(22)12-9-18-14-8-10(2)20-21(14)11(12)3/h5-9H,4H2,1-3H3,(H,19,22). The third kappa shape index (κ3) is 2.85. The maximum atomic E-state index is 12.6. The van der Waals surface area contributed by atoms with Crippen molar-refractivity contribution in [2.45, 2.75) is 20.8 Å². The third-order valence-electron chi connectivity index (χ3n) is 3.39. The molecule has 1 amide bonds. The average Bonchev–Trinajstić information content (AvgIpc) is 2.91. The summed E-state index contributed by atoms with van der Waals surface area (Å²) in [7, 11) is 0. The Balaban J connectivity index is 1.93. The van der Waals surface area contributed by atoms with Gasteiger partial charge in [-0.25, -0.2) is 14.5 Å². The maximum absolute atomic E-state index is 12.6. The highest BCUT2D eigenvalue weighted by atomic mass is 16.5. The van der Waals surface area contributed by atoms with Crippen LogP contribution in [0.25, 0.3) is 5.65 Å². The highest BCUT2D eigenvalue weighted by Crippen LogP contribution is 2.22. The Bertz CT molecular complexity index is 872. The number of rotatable bonds is 4. The van der Waals surface area contributed by atoms with Gasteiger partial charge in [0.05, 0.1) is 23.6 Å². The second-order valence-electron chi connectivity index (χ2n) is 5.06. The van der Waals surface area contributed by atoms with Gasteiger partial charge < -0.3 is 10.1 Å². The summed E-state index contributed by atoms with van der Waals surface area (Å²) in [4.78, 5) is 21.0. The molecule has 0 saturated carbocycles. The van der Waals surface area contributed by atoms with Gasteiger partial charge in [-0.05, 0) is 32.9 Å². The zero-order chi connectivity index (χ0) is 16.4. The Morgan fingerprint density at radius 2 is 2.17 bits per heavy atom. The van der Waals surface area contributed by atoms with Gasteiger partial charge in [-0.3, -0.25) is 4.79 Å². The minimum atomic E-state index is -0.279. The van der Waals surface area contributed by atoms with Crippen molar-refractivity contribution in [2.75, 3.05) is 11.9 Å². The van der Waals surface area contributed by atoms with Crippen molar-refractivity contribution in [3.8, 4) is 5.88 Å². The van der Waals surface area contributed by atoms with Crippen LogP contribution in [-0.2, 0) is 0 Å². The number of carbonyl (C=O) groups is 1. The Morgan fingerprint density at radius 1 is 1.35 bits per heavy atom. The van der Waals surface area contributed by atoms with Gasteiger partial charge in [-0.15, -0.1) is 0 Å². The van der Waals surface area contributed by atoms with Gasteiger partial charge in [0.1, 0.15) is 5.69 Å². The van der Waals surface area contributed by atoms with E-state index in [1.165, 1.54) is 0 Å². The molecule has 7 nitrogen and oxygen atoms in total. The van der Waals surface area contributed by atoms with Gasteiger partial charge in [0.15, 0.2) is 5.65 Å². The topological polar surface area (TPSA) is 81.4 Å². The van der Waals surface area contributed by atoms with Gasteiger partial charge in [-0.2, -0.15) is 5.10 Å². The number of amides is 1. The monoisotopic (exact) mass is 311 g/mol. The molecule has 118 valence electrons. The molecule has 23 heavy (non-hydrogen) atoms. The molecule has 1 N–H and O–H groups in total. The molecule has 0 atom stereocenters. The van der Waals surface area contributed by atoms with Gasteiger partial charge in [0.25, 0.3) is 5.91 Å². The number of nitrogens with one attached hydrogen (secondary N) is 1. The fourth-order valence-electron chi connectivity index (χ4n) is 2.31. The number of ether oxygens (including phenoxy) is 1. The highest BCUT2D eigenvalue weighted by molar-refractivity contribution is 6.05. The molecule has 7 heteroatoms. The number of fused-ring (bicyclic) bond motifs is 1. The number of nitrogens with zero attached hydrogens (tertiary/aromatic N) is 4. The maximum Gasteiger partial charge on any atom is 0.259 e. The van der Waals surface area contributed by atoms with E-state index in [0.29, 0.717) is 29.4 Å². The van der Waals surface area contributed by atoms with Crippen molar-refractivity contribution < 1.29 is 9.53 Å². The van der Waals surface area contributed by atoms with Crippen molar-refractivity contribution >= 4 is 17.2 Å². The number of pyridine rings is 1. The van der Waals surface area contributed by atoms with Crippen LogP contribution in [-0.4, -0.2) is 32.1 Å². The lowest BCUT2D eigenvalue weighted by atomic mass is 10.2. The highest BCUT2D eigenvalue weighted by Gasteiger charge is 2.16. The number of hydrogen-bond acceptors (Lipinski definition) is 5. The van der Waals surface area contributed by atoms with E-state index in [-0.39, 0.29) is 5.91 Å². The minimum absolute atomic E-state index is 0.279. The predicted molar refractivity (Wildman–Crippen MR) is 85.8 cm³/mol. The lowest BCUT2D eigenvalue weighted by Crippen LogP contribution is -2.17. The van der Waals surface area contributed by atoms with E-state index in [1.54, 1.807) is 29.0 Å². The lowest BCUT2D eigenvalue weighted by molar-refractivity contribution is 0.102. The van der Waals surface area contributed by atoms with E-state index in [1.807, 2.05) is 26.8 Å². The minimum Gasteiger partial charge on any atom is -0.476 e. The summed E-state index contributed by atoms with van der Waals surface area (Å²) in [5.74, 6) is 0.115. The largest absolute Gasteiger partial charge is 0.476 e. The summed E-state index contributed by atoms with van der Waals surface area (Å²) in [6.45, 7) is 6.06. The molecule has 0 aliphatic carbocycles. The van der Waals surface area contributed by atoms with Crippen molar-refractivity contribution in [1.82, 2.24) is 19.6 Å². The molecule has 0 aliphatic heterocycles. The fourth-order valence-corrected chi connectivity index (χ4v) is 2.31. The molecule has 3 aromatic heterocycles. The normalized spacial score (nSPS) is 10.7. The van der Waals surface area contributed by atoms with Crippen molar-refractivity contribution in [1.29, 1.82) is 0 Å². The lowest BCUT2D eigenvalue weighted by Gasteiger charge is -2.11. The fraction of sp³-hybridized carbons (Fsp3) is 0.250. The number of anilines is 1. The molecular weight excluding hydrogens is 294 g/mol. The second-order valence-corrected chi connectivity index (χ2v) is 5.06. The summed E-state index contributed by atoms with van der Waals surface area (Å²) in [6.07, 6.45) is 3.17. The van der Waals surface area contributed by atoms with E-state index in [0.717, 1.165) is 11.4 Å². The summed E-state index contributed by atoms with van der Waals surface area (Å²) >= 11 is 0. The van der Waals surface area contributed by atoms with Crippen LogP contribution in [0.4, 0.5) is 5.69 Å². The summed E-state index contributed by atoms with van der Waals surface area (Å²) in [6, 6.07) is 5.35. The van der Waals surface area contributed by atoms with E-state index in [2.05, 4.69) is 20.4 Å². The molecule has 3 aromatic rings. The van der Waals surface area contributed by atoms with E-state index < -0.39 is 0 Å². The molecule has 0 fully saturated rings. The average molecular weight is 311 g/mol. The zero-order valence-corrected chi connectivity index (χ0v) is 13.2. The van der Waals surface area contributed by atoms with Crippen LogP contribution in [0.3, 0.4) is 0 Å². The first kappa shape index (κ1) is 15.0. The summed E-state index contributed by atoms with van der Waals surface area (Å²) in [5.41, 5.74) is 3.27. The van der Waals surface area contributed by atoms with Crippen molar-refractivity contribution in [3.05, 3.63) is 47.5 Å². The van der Waals surface area contributed by atoms with Crippen LogP contribution < -0.4 is 10.1 Å². The van der Waals surface area contributed by atoms with Gasteiger partial charge in [0.2, 0.25) is 5.88 Å². The second kappa shape index (κ2) is 6.04. The van der Waals surface area contributed by atoms with E-state index in [9.17, 15) is 4.79 Å². The Hall–Kier alpha value is -2.96. The summed E-state index contributed by atoms with van der Waals surface area (Å²) < 4.78 is 7.08. The first-order chi connectivity index (χ1) is 11.1. The molecular formula is C16H17N5O2. The van der Waals surface area contributed by atoms with E-state index >= 15 is 0 Å². The molecule has 0 spiro atoms. The van der Waals surface area contributed by atoms with Crippen LogP contribution in [0.15, 0.2) is 30.6 Å². The predicted octanol–water partition coefficient (Wildman–Crippen LogP) is 2.39. The molecule has 0 radical (unpaired) electrons. The number of aryl methyl sites for hydroxylation is 2. The molecule has 0 saturated heterocycles. The van der Waals surface area contributed by atoms with Crippen molar-refractivity contribution in [3.63, 3.8) is 0 Å². The molecule has 3 rings (SSSR count). The quantitative estimate of drug-likeness (QED) is 0.800. The first-order valence-electron chi connectivity index (χ1n) is 7.31. The van der Waals surface area contributed by atoms with Gasteiger partial charge in [-0.1, -0.05) is 0 Å². The Morgan fingerprint density at radius 3 is 2.96 bits per heavy atom. The summed E-state index contributed by atoms with van der Waals surface area (Å²) in [5, 5.41) is 7.16. The zero-order valence-electron chi connectivity index (χ0n) is 13.2. The van der Waals surface area contributed by atoms with Crippen molar-refractivity contribution in [2.24, 2.45) is 0 Å². The molecule has 0 aliphatic rings. The van der Waals surface area contributed by atoms with Crippen LogP contribution in [0.1, 0.15) is 28.7 Å². The van der Waals surface area contributed by atoms with Gasteiger partial charge in [0, 0.05) is 18.5 Å². The van der Waals surface area contributed by atoms with E-state index in [4.69, 9.17) is 4.74 Å². The number of carbonyl (C=O) groups excluding carboxylic acids is 1. The number of aromatic nitrogens is 4. The molecule has 0 unspecified atom stereocenters. The van der Waals surface area contributed by atoms with Crippen LogP contribution in [0.2, 0.25) is 0 Å². The molecule has 0 aromatic carbocycles. The third-order valence-corrected chi connectivity index (χ3v) is 3.39. The SMILES string of the molecule is CCOc1ncccc1NC(=O)c1cnc2cc(C)nn2c1C. The van der Waals surface area contributed by atoms with Crippen LogP contribution in [0, 0.1) is 13.8 Å². The van der Waals surface area contributed by atoms with Gasteiger partial charge >= 0.3 is 0 Å². The van der Waals surface area contributed by atoms with Crippen LogP contribution >= 0.6 is 0 Å². The first-order valence-corrected chi connectivity index (χ1v) is 7.31. The smallest absolute Gasteiger partial charge is 0.259 e. The molecule has 0 bridgehead atoms. The Kier molecular flexibility index (Phi) is 3.92. The Labute approximate surface area is 133 Å².